The van der Waals surface area contributed by atoms with E-state index in [0.717, 1.165) is 66.8 Å². The summed E-state index contributed by atoms with van der Waals surface area (Å²) in [4.78, 5) is 4.31. The van der Waals surface area contributed by atoms with Gasteiger partial charge in [-0.25, -0.2) is 0 Å². The van der Waals surface area contributed by atoms with Crippen molar-refractivity contribution in [1.82, 2.24) is 4.98 Å². The second-order valence-corrected chi connectivity index (χ2v) is 9.96. The van der Waals surface area contributed by atoms with Gasteiger partial charge in [0.1, 0.15) is 0 Å². The van der Waals surface area contributed by atoms with Gasteiger partial charge in [-0.2, -0.15) is 0 Å². The molecule has 4 aromatic carbocycles. The number of nitrogens with two attached hydrogens (primary N) is 1. The monoisotopic (exact) mass is 543 g/mol. The highest BCUT2D eigenvalue weighted by Gasteiger charge is 2.11. The van der Waals surface area contributed by atoms with Crippen LogP contribution in [0.1, 0.15) is 18.1 Å². The minimum Gasteiger partial charge on any atom is -0.404 e. The van der Waals surface area contributed by atoms with Crippen molar-refractivity contribution in [3.05, 3.63) is 164 Å². The number of nitrogens with zero attached hydrogens (tertiary/aromatic N) is 1. The number of allylic oxidation sites excluding steroid dienone is 6. The molecule has 0 saturated heterocycles. The lowest BCUT2D eigenvalue weighted by molar-refractivity contribution is 1.33. The van der Waals surface area contributed by atoms with Crippen molar-refractivity contribution in [2.75, 3.05) is 0 Å². The second-order valence-electron chi connectivity index (χ2n) is 9.96. The van der Waals surface area contributed by atoms with Gasteiger partial charge in [0.25, 0.3) is 0 Å². The molecule has 42 heavy (non-hydrogen) atoms. The third-order valence-corrected chi connectivity index (χ3v) is 7.14. The summed E-state index contributed by atoms with van der Waals surface area (Å²) in [6.07, 6.45) is 14.2. The Morgan fingerprint density at radius 1 is 0.667 bits per heavy atom. The predicted octanol–water partition coefficient (Wildman–Crippen LogP) is 9.84. The van der Waals surface area contributed by atoms with Crippen molar-refractivity contribution < 1.29 is 0 Å². The maximum Gasteiger partial charge on any atom is 0.0346 e. The molecule has 3 nitrogen and oxygen atoms in total. The smallest absolute Gasteiger partial charge is 0.0346 e. The zero-order chi connectivity index (χ0) is 29.3. The van der Waals surface area contributed by atoms with E-state index in [-0.39, 0.29) is 0 Å². The Morgan fingerprint density at radius 2 is 1.19 bits per heavy atom. The first-order valence-corrected chi connectivity index (χ1v) is 13.9. The van der Waals surface area contributed by atoms with Crippen molar-refractivity contribution in [1.29, 1.82) is 5.41 Å². The molecular formula is C39H33N3. The van der Waals surface area contributed by atoms with Crippen LogP contribution < -0.4 is 5.73 Å². The summed E-state index contributed by atoms with van der Waals surface area (Å²) in [5, 5.41) is 7.32. The van der Waals surface area contributed by atoms with E-state index < -0.39 is 0 Å². The summed E-state index contributed by atoms with van der Waals surface area (Å²) in [6.45, 7) is 6.19. The summed E-state index contributed by atoms with van der Waals surface area (Å²) in [5.41, 5.74) is 18.8. The molecule has 204 valence electrons. The van der Waals surface area contributed by atoms with E-state index in [1.54, 1.807) is 18.5 Å². The van der Waals surface area contributed by atoms with Crippen LogP contribution >= 0.6 is 0 Å². The lowest BCUT2D eigenvalue weighted by atomic mass is 9.90. The van der Waals surface area contributed by atoms with Gasteiger partial charge in [0.15, 0.2) is 0 Å². The van der Waals surface area contributed by atoms with Gasteiger partial charge in [0, 0.05) is 30.4 Å². The number of hydrogen-bond acceptors (Lipinski definition) is 3. The molecule has 0 atom stereocenters. The fourth-order valence-corrected chi connectivity index (χ4v) is 5.00. The van der Waals surface area contributed by atoms with Gasteiger partial charge in [-0.1, -0.05) is 85.5 Å². The standard InChI is InChI=1S/C39H33N3/c1-3-9-35(26-41)30-12-5-15-33(21-30)38-23-37(32-14-4-11-29(20-32)28(2)10-7-18-40)24-39(25-38)34-16-6-13-31(22-34)36-17-8-19-42-27-36/h3-27,40H,2,41H2,1H3/b9-3-,10-7-,35-26+,40-18?. The van der Waals surface area contributed by atoms with Crippen molar-refractivity contribution in [2.45, 2.75) is 6.92 Å². The van der Waals surface area contributed by atoms with Crippen LogP contribution in [0, 0.1) is 5.41 Å². The van der Waals surface area contributed by atoms with Gasteiger partial charge >= 0.3 is 0 Å². The maximum atomic E-state index is 7.32. The molecule has 3 N–H and O–H groups in total. The minimum absolute atomic E-state index is 0.860. The van der Waals surface area contributed by atoms with Crippen LogP contribution in [0.2, 0.25) is 0 Å². The normalized spacial score (nSPS) is 11.7. The molecule has 0 unspecified atom stereocenters. The molecule has 5 rings (SSSR count). The zero-order valence-corrected chi connectivity index (χ0v) is 23.7. The van der Waals surface area contributed by atoms with Crippen molar-refractivity contribution in [3.8, 4) is 44.5 Å². The SMILES string of the molecule is C=C(/C=C\C=N)c1cccc(-c2cc(-c3cccc(C(/C=C\C)=C/N)c3)cc(-c3cccc(-c4cccnc4)c3)c2)c1. The average Bonchev–Trinajstić information content (AvgIpc) is 3.06. The number of rotatable bonds is 9. The van der Waals surface area contributed by atoms with Gasteiger partial charge in [-0.3, -0.25) is 4.98 Å². The van der Waals surface area contributed by atoms with E-state index in [4.69, 9.17) is 11.1 Å². The molecule has 1 aromatic heterocycles. The topological polar surface area (TPSA) is 62.8 Å². The molecule has 0 fully saturated rings. The Labute approximate surface area is 248 Å². The summed E-state index contributed by atoms with van der Waals surface area (Å²) in [6, 6.07) is 36.3. The number of nitrogens with one attached hydrogen (secondary N) is 1. The molecule has 3 heteroatoms. The third-order valence-electron chi connectivity index (χ3n) is 7.14. The highest BCUT2D eigenvalue weighted by Crippen LogP contribution is 2.36. The fraction of sp³-hybridized carbons (Fsp3) is 0.0256. The van der Waals surface area contributed by atoms with Crippen LogP contribution in [-0.2, 0) is 0 Å². The molecule has 0 spiro atoms. The number of pyridine rings is 1. The van der Waals surface area contributed by atoms with E-state index >= 15 is 0 Å². The van der Waals surface area contributed by atoms with E-state index in [0.29, 0.717) is 0 Å². The quantitative estimate of drug-likeness (QED) is 0.144. The Morgan fingerprint density at radius 3 is 1.76 bits per heavy atom. The highest BCUT2D eigenvalue weighted by molar-refractivity contribution is 5.86. The molecule has 0 aliphatic rings. The van der Waals surface area contributed by atoms with Gasteiger partial charge in [0.2, 0.25) is 0 Å². The van der Waals surface area contributed by atoms with Gasteiger partial charge in [-0.15, -0.1) is 0 Å². The largest absolute Gasteiger partial charge is 0.404 e. The molecule has 0 saturated carbocycles. The van der Waals surface area contributed by atoms with E-state index in [1.807, 2.05) is 43.5 Å². The maximum absolute atomic E-state index is 7.32. The molecule has 0 aliphatic heterocycles. The number of benzene rings is 4. The van der Waals surface area contributed by atoms with E-state index in [2.05, 4.69) is 103 Å². The van der Waals surface area contributed by atoms with Crippen LogP contribution in [0.3, 0.4) is 0 Å². The number of hydrogen-bond donors (Lipinski definition) is 2. The van der Waals surface area contributed by atoms with Crippen LogP contribution in [0.5, 0.6) is 0 Å². The minimum atomic E-state index is 0.860. The molecular weight excluding hydrogens is 510 g/mol. The molecule has 0 aliphatic carbocycles. The Balaban J connectivity index is 1.67. The molecule has 0 bridgehead atoms. The summed E-state index contributed by atoms with van der Waals surface area (Å²) in [5.74, 6) is 0. The Bertz CT molecular complexity index is 1820. The van der Waals surface area contributed by atoms with E-state index in [1.165, 1.54) is 6.21 Å². The second kappa shape index (κ2) is 13.2. The van der Waals surface area contributed by atoms with Crippen LogP contribution in [0.25, 0.3) is 55.7 Å². The molecule has 0 radical (unpaired) electrons. The van der Waals surface area contributed by atoms with Gasteiger partial charge in [0.05, 0.1) is 0 Å². The number of aromatic nitrogens is 1. The van der Waals surface area contributed by atoms with Crippen molar-refractivity contribution in [3.63, 3.8) is 0 Å². The Kier molecular flexibility index (Phi) is 8.81. The predicted molar refractivity (Wildman–Crippen MR) is 180 cm³/mol. The van der Waals surface area contributed by atoms with Crippen LogP contribution in [-0.4, -0.2) is 11.2 Å². The van der Waals surface area contributed by atoms with Crippen molar-refractivity contribution in [2.24, 2.45) is 5.73 Å². The van der Waals surface area contributed by atoms with Crippen LogP contribution in [0.15, 0.2) is 153 Å². The van der Waals surface area contributed by atoms with E-state index in [9.17, 15) is 0 Å². The fourth-order valence-electron chi connectivity index (χ4n) is 5.00. The van der Waals surface area contributed by atoms with Gasteiger partial charge < -0.3 is 11.1 Å². The summed E-state index contributed by atoms with van der Waals surface area (Å²) in [7, 11) is 0. The van der Waals surface area contributed by atoms with Crippen molar-refractivity contribution >= 4 is 17.4 Å². The lowest BCUT2D eigenvalue weighted by Gasteiger charge is -2.14. The molecule has 0 amide bonds. The lowest BCUT2D eigenvalue weighted by Crippen LogP contribution is -1.90. The molecule has 1 heterocycles. The summed E-state index contributed by atoms with van der Waals surface area (Å²) < 4.78 is 0. The zero-order valence-electron chi connectivity index (χ0n) is 23.7. The first kappa shape index (κ1) is 28.0. The van der Waals surface area contributed by atoms with Crippen LogP contribution in [0.4, 0.5) is 0 Å². The van der Waals surface area contributed by atoms with Gasteiger partial charge in [-0.05, 0) is 117 Å². The molecule has 5 aromatic rings. The first-order valence-electron chi connectivity index (χ1n) is 13.9. The average molecular weight is 544 g/mol. The first-order chi connectivity index (χ1) is 20.6. The summed E-state index contributed by atoms with van der Waals surface area (Å²) >= 11 is 0. The Hall–Kier alpha value is -5.54. The third kappa shape index (κ3) is 6.43. The highest BCUT2D eigenvalue weighted by atomic mass is 14.6.